The molecule has 0 spiro atoms. The van der Waals surface area contributed by atoms with Crippen molar-refractivity contribution in [2.45, 2.75) is 52.6 Å². The van der Waals surface area contributed by atoms with Crippen molar-refractivity contribution in [3.63, 3.8) is 0 Å². The van der Waals surface area contributed by atoms with Gasteiger partial charge in [-0.25, -0.2) is 0 Å². The van der Waals surface area contributed by atoms with Crippen LogP contribution in [0.5, 0.6) is 5.75 Å². The highest BCUT2D eigenvalue weighted by atomic mass is 16.5. The van der Waals surface area contributed by atoms with Gasteiger partial charge in [0.1, 0.15) is 5.75 Å². The van der Waals surface area contributed by atoms with Gasteiger partial charge >= 0.3 is 0 Å². The summed E-state index contributed by atoms with van der Waals surface area (Å²) < 4.78 is 5.34. The molecule has 0 saturated carbocycles. The van der Waals surface area contributed by atoms with Gasteiger partial charge in [-0.1, -0.05) is 45.0 Å². The third-order valence-corrected chi connectivity index (χ3v) is 5.82. The number of rotatable bonds is 7. The molecule has 1 amide bonds. The van der Waals surface area contributed by atoms with Crippen LogP contribution < -0.4 is 9.64 Å². The Kier molecular flexibility index (Phi) is 7.32. The molecular weight excluding hydrogens is 360 g/mol. The Bertz CT molecular complexity index is 793. The zero-order valence-corrected chi connectivity index (χ0v) is 18.2. The number of piperidine rings is 1. The fraction of sp³-hybridized carbons (Fsp3) is 0.480. The summed E-state index contributed by atoms with van der Waals surface area (Å²) in [5, 5.41) is 0. The maximum Gasteiger partial charge on any atom is 0.229 e. The van der Waals surface area contributed by atoms with E-state index in [0.29, 0.717) is 0 Å². The molecule has 4 nitrogen and oxygen atoms in total. The Morgan fingerprint density at radius 2 is 1.79 bits per heavy atom. The molecule has 0 bridgehead atoms. The summed E-state index contributed by atoms with van der Waals surface area (Å²) in [4.78, 5) is 17.6. The van der Waals surface area contributed by atoms with E-state index in [1.165, 1.54) is 11.1 Å². The number of carbonyl (C=O) groups excluding carboxylic acids is 1. The third-order valence-electron chi connectivity index (χ3n) is 5.82. The van der Waals surface area contributed by atoms with E-state index < -0.39 is 0 Å². The Morgan fingerprint density at radius 3 is 2.38 bits per heavy atom. The van der Waals surface area contributed by atoms with Crippen LogP contribution in [-0.2, 0) is 17.8 Å². The van der Waals surface area contributed by atoms with Crippen molar-refractivity contribution >= 4 is 11.6 Å². The second-order valence-corrected chi connectivity index (χ2v) is 8.24. The minimum Gasteiger partial charge on any atom is -0.497 e. The van der Waals surface area contributed by atoms with Crippen LogP contribution in [-0.4, -0.2) is 37.0 Å². The molecule has 0 aliphatic carbocycles. The topological polar surface area (TPSA) is 32.8 Å². The van der Waals surface area contributed by atoms with Crippen molar-refractivity contribution in [1.29, 1.82) is 0 Å². The zero-order chi connectivity index (χ0) is 20.8. The van der Waals surface area contributed by atoms with E-state index in [1.807, 2.05) is 26.0 Å². The van der Waals surface area contributed by atoms with Crippen molar-refractivity contribution in [3.8, 4) is 5.75 Å². The van der Waals surface area contributed by atoms with Gasteiger partial charge in [0.2, 0.25) is 5.91 Å². The molecular formula is C25H34N2O2. The van der Waals surface area contributed by atoms with Gasteiger partial charge < -0.3 is 9.64 Å². The second kappa shape index (κ2) is 9.93. The normalized spacial score (nSPS) is 15.5. The van der Waals surface area contributed by atoms with Crippen molar-refractivity contribution in [2.75, 3.05) is 25.1 Å². The predicted molar refractivity (Wildman–Crippen MR) is 119 cm³/mol. The maximum absolute atomic E-state index is 13.0. The first-order chi connectivity index (χ1) is 14.0. The molecule has 0 radical (unpaired) electrons. The van der Waals surface area contributed by atoms with Crippen LogP contribution in [0.15, 0.2) is 48.5 Å². The standard InChI is InChI=1S/C25H34N2O2/c1-5-20-9-11-22(12-10-20)27(25(28)19(2)3)23-13-15-26(16-14-23)18-21-7-6-8-24(17-21)29-4/h6-12,17,19,23H,5,13-16,18H2,1-4H3. The number of amides is 1. The number of benzene rings is 2. The number of hydrogen-bond acceptors (Lipinski definition) is 3. The van der Waals surface area contributed by atoms with E-state index in [1.54, 1.807) is 7.11 Å². The highest BCUT2D eigenvalue weighted by Crippen LogP contribution is 2.27. The molecule has 0 N–H and O–H groups in total. The van der Waals surface area contributed by atoms with Crippen LogP contribution in [0, 0.1) is 5.92 Å². The average molecular weight is 395 g/mol. The van der Waals surface area contributed by atoms with Crippen LogP contribution >= 0.6 is 0 Å². The molecule has 0 aromatic heterocycles. The Labute approximate surface area is 175 Å². The molecule has 4 heteroatoms. The van der Waals surface area contributed by atoms with Gasteiger partial charge in [-0.05, 0) is 54.7 Å². The third kappa shape index (κ3) is 5.39. The molecule has 1 aliphatic rings. The van der Waals surface area contributed by atoms with Gasteiger partial charge in [0, 0.05) is 37.3 Å². The summed E-state index contributed by atoms with van der Waals surface area (Å²) in [5.74, 6) is 1.12. The number of hydrogen-bond donors (Lipinski definition) is 0. The van der Waals surface area contributed by atoms with Crippen LogP contribution in [0.1, 0.15) is 44.7 Å². The minimum absolute atomic E-state index is 0.00401. The lowest BCUT2D eigenvalue weighted by Gasteiger charge is -2.39. The Balaban J connectivity index is 1.68. The number of aryl methyl sites for hydroxylation is 1. The SMILES string of the molecule is CCc1ccc(N(C(=O)C(C)C)C2CCN(Cc3cccc(OC)c3)CC2)cc1. The summed E-state index contributed by atoms with van der Waals surface area (Å²) in [7, 11) is 1.71. The summed E-state index contributed by atoms with van der Waals surface area (Å²) in [6.45, 7) is 9.06. The van der Waals surface area contributed by atoms with Crippen molar-refractivity contribution in [3.05, 3.63) is 59.7 Å². The molecule has 0 unspecified atom stereocenters. The Morgan fingerprint density at radius 1 is 1.10 bits per heavy atom. The van der Waals surface area contributed by atoms with Crippen LogP contribution in [0.3, 0.4) is 0 Å². The van der Waals surface area contributed by atoms with E-state index in [-0.39, 0.29) is 17.9 Å². The quantitative estimate of drug-likeness (QED) is 0.669. The molecule has 0 atom stereocenters. The first-order valence-electron chi connectivity index (χ1n) is 10.8. The smallest absolute Gasteiger partial charge is 0.229 e. The van der Waals surface area contributed by atoms with Crippen molar-refractivity contribution in [1.82, 2.24) is 4.90 Å². The summed E-state index contributed by atoms with van der Waals surface area (Å²) in [6, 6.07) is 17.1. The van der Waals surface area contributed by atoms with Gasteiger partial charge in [-0.15, -0.1) is 0 Å². The minimum atomic E-state index is -0.00401. The fourth-order valence-electron chi connectivity index (χ4n) is 4.05. The molecule has 2 aromatic rings. The van der Waals surface area contributed by atoms with E-state index >= 15 is 0 Å². The lowest BCUT2D eigenvalue weighted by atomic mass is 9.99. The van der Waals surface area contributed by atoms with Crippen molar-refractivity contribution < 1.29 is 9.53 Å². The number of nitrogens with zero attached hydrogens (tertiary/aromatic N) is 2. The van der Waals surface area contributed by atoms with E-state index in [9.17, 15) is 4.79 Å². The summed E-state index contributed by atoms with van der Waals surface area (Å²) in [5.41, 5.74) is 3.61. The fourth-order valence-corrected chi connectivity index (χ4v) is 4.05. The molecule has 1 saturated heterocycles. The van der Waals surface area contributed by atoms with Gasteiger partial charge in [-0.2, -0.15) is 0 Å². The molecule has 29 heavy (non-hydrogen) atoms. The molecule has 1 heterocycles. The molecule has 3 rings (SSSR count). The average Bonchev–Trinajstić information content (AvgIpc) is 2.75. The van der Waals surface area contributed by atoms with Crippen LogP contribution in [0.25, 0.3) is 0 Å². The highest BCUT2D eigenvalue weighted by molar-refractivity contribution is 5.95. The largest absolute Gasteiger partial charge is 0.497 e. The molecule has 156 valence electrons. The van der Waals surface area contributed by atoms with E-state index in [0.717, 1.165) is 50.3 Å². The summed E-state index contributed by atoms with van der Waals surface area (Å²) >= 11 is 0. The maximum atomic E-state index is 13.0. The predicted octanol–water partition coefficient (Wildman–Crippen LogP) is 4.91. The number of anilines is 1. The first-order valence-corrected chi connectivity index (χ1v) is 10.8. The zero-order valence-electron chi connectivity index (χ0n) is 18.2. The molecule has 1 aliphatic heterocycles. The lowest BCUT2D eigenvalue weighted by molar-refractivity contribution is -0.122. The van der Waals surface area contributed by atoms with E-state index in [4.69, 9.17) is 4.74 Å². The Hall–Kier alpha value is -2.33. The second-order valence-electron chi connectivity index (χ2n) is 8.24. The van der Waals surface area contributed by atoms with Gasteiger partial charge in [-0.3, -0.25) is 9.69 Å². The molecule has 1 fully saturated rings. The van der Waals surface area contributed by atoms with Crippen LogP contribution in [0.2, 0.25) is 0 Å². The van der Waals surface area contributed by atoms with Gasteiger partial charge in [0.15, 0.2) is 0 Å². The monoisotopic (exact) mass is 394 g/mol. The lowest BCUT2D eigenvalue weighted by Crippen LogP contribution is -2.48. The highest BCUT2D eigenvalue weighted by Gasteiger charge is 2.30. The summed E-state index contributed by atoms with van der Waals surface area (Å²) in [6.07, 6.45) is 3.01. The molecule has 2 aromatic carbocycles. The first kappa shape index (κ1) is 21.4. The van der Waals surface area contributed by atoms with Crippen LogP contribution in [0.4, 0.5) is 5.69 Å². The van der Waals surface area contributed by atoms with Crippen molar-refractivity contribution in [2.24, 2.45) is 5.92 Å². The van der Waals surface area contributed by atoms with E-state index in [2.05, 4.69) is 53.1 Å². The number of methoxy groups -OCH3 is 1. The van der Waals surface area contributed by atoms with Gasteiger partial charge in [0.25, 0.3) is 0 Å². The number of likely N-dealkylation sites (tertiary alicyclic amines) is 1. The van der Waals surface area contributed by atoms with Gasteiger partial charge in [0.05, 0.1) is 7.11 Å². The number of carbonyl (C=O) groups is 1. The number of ether oxygens (including phenoxy) is 1.